The number of hydrogen-bond donors (Lipinski definition) is 1. The zero-order valence-corrected chi connectivity index (χ0v) is 11.4. The van der Waals surface area contributed by atoms with Gasteiger partial charge in [0.05, 0.1) is 22.7 Å². The molecule has 1 heterocycles. The highest BCUT2D eigenvalue weighted by molar-refractivity contribution is 6.42. The van der Waals surface area contributed by atoms with Crippen LogP contribution in [0.1, 0.15) is 23.2 Å². The van der Waals surface area contributed by atoms with Crippen molar-refractivity contribution in [1.82, 2.24) is 4.90 Å². The van der Waals surface area contributed by atoms with Gasteiger partial charge < -0.3 is 5.11 Å². The number of aliphatic hydroxyl groups excluding tert-OH is 1. The molecule has 0 radical (unpaired) electrons. The topological polar surface area (TPSA) is 40.5 Å². The van der Waals surface area contributed by atoms with E-state index in [2.05, 4.69) is 4.90 Å². The van der Waals surface area contributed by atoms with Crippen molar-refractivity contribution < 1.29 is 9.90 Å². The summed E-state index contributed by atoms with van der Waals surface area (Å²) in [5, 5.41) is 10.3. The first-order valence-electron chi connectivity index (χ1n) is 5.95. The van der Waals surface area contributed by atoms with Crippen LogP contribution in [-0.4, -0.2) is 41.5 Å². The molecule has 0 atom stereocenters. The average molecular weight is 288 g/mol. The van der Waals surface area contributed by atoms with E-state index in [1.54, 1.807) is 18.2 Å². The third kappa shape index (κ3) is 3.45. The summed E-state index contributed by atoms with van der Waals surface area (Å²) >= 11 is 11.7. The normalized spacial score (nSPS) is 17.9. The van der Waals surface area contributed by atoms with Gasteiger partial charge in [0.1, 0.15) is 0 Å². The molecule has 0 amide bonds. The molecule has 0 bridgehead atoms. The lowest BCUT2D eigenvalue weighted by molar-refractivity contribution is 0.0711. The minimum Gasteiger partial charge on any atom is -0.393 e. The Labute approximate surface area is 116 Å². The Balaban J connectivity index is 1.97. The van der Waals surface area contributed by atoms with E-state index >= 15 is 0 Å². The van der Waals surface area contributed by atoms with E-state index in [-0.39, 0.29) is 11.9 Å². The maximum Gasteiger partial charge on any atom is 0.176 e. The molecule has 1 aromatic rings. The molecule has 2 rings (SSSR count). The van der Waals surface area contributed by atoms with E-state index in [1.807, 2.05) is 0 Å². The Morgan fingerprint density at radius 3 is 2.56 bits per heavy atom. The number of ketones is 1. The number of Topliss-reactive ketones (excluding diaryl/α,β-unsaturated/α-hetero) is 1. The standard InChI is InChI=1S/C13H15Cl2NO2/c14-11-2-1-9(7-12(11)15)13(18)8-16-5-3-10(17)4-6-16/h1-2,7,10,17H,3-6,8H2. The van der Waals surface area contributed by atoms with Crippen LogP contribution in [-0.2, 0) is 0 Å². The fourth-order valence-corrected chi connectivity index (χ4v) is 2.34. The van der Waals surface area contributed by atoms with Crippen molar-refractivity contribution in [2.75, 3.05) is 19.6 Å². The molecule has 18 heavy (non-hydrogen) atoms. The molecule has 3 nitrogen and oxygen atoms in total. The molecule has 1 aliphatic heterocycles. The van der Waals surface area contributed by atoms with Crippen molar-refractivity contribution in [3.63, 3.8) is 0 Å². The first-order chi connectivity index (χ1) is 8.56. The molecule has 1 fully saturated rings. The number of nitrogens with zero attached hydrogens (tertiary/aromatic N) is 1. The lowest BCUT2D eigenvalue weighted by atomic mass is 10.1. The van der Waals surface area contributed by atoms with E-state index < -0.39 is 0 Å². The van der Waals surface area contributed by atoms with Crippen molar-refractivity contribution in [3.05, 3.63) is 33.8 Å². The number of likely N-dealkylation sites (tertiary alicyclic amines) is 1. The second-order valence-corrected chi connectivity index (χ2v) is 5.37. The molecule has 0 aromatic heterocycles. The van der Waals surface area contributed by atoms with Crippen LogP contribution in [0.3, 0.4) is 0 Å². The van der Waals surface area contributed by atoms with Gasteiger partial charge in [-0.05, 0) is 31.0 Å². The molecule has 98 valence electrons. The van der Waals surface area contributed by atoms with Gasteiger partial charge in [-0.2, -0.15) is 0 Å². The molecular weight excluding hydrogens is 273 g/mol. The molecule has 1 aromatic carbocycles. The van der Waals surface area contributed by atoms with Crippen LogP contribution in [0.15, 0.2) is 18.2 Å². The van der Waals surface area contributed by atoms with Crippen molar-refractivity contribution in [1.29, 1.82) is 0 Å². The number of hydrogen-bond acceptors (Lipinski definition) is 3. The predicted octanol–water partition coefficient (Wildman–Crippen LogP) is 2.63. The summed E-state index contributed by atoms with van der Waals surface area (Å²) in [6.07, 6.45) is 1.24. The summed E-state index contributed by atoms with van der Waals surface area (Å²) in [5.74, 6) is 0.0324. The number of piperidine rings is 1. The van der Waals surface area contributed by atoms with Gasteiger partial charge in [0, 0.05) is 18.7 Å². The van der Waals surface area contributed by atoms with Crippen LogP contribution < -0.4 is 0 Å². The Kier molecular flexibility index (Phi) is 4.62. The van der Waals surface area contributed by atoms with E-state index in [0.29, 0.717) is 22.2 Å². The number of halogens is 2. The molecule has 0 aliphatic carbocycles. The van der Waals surface area contributed by atoms with E-state index in [4.69, 9.17) is 23.2 Å². The molecule has 0 unspecified atom stereocenters. The van der Waals surface area contributed by atoms with Gasteiger partial charge in [-0.3, -0.25) is 9.69 Å². The van der Waals surface area contributed by atoms with Crippen LogP contribution in [0.5, 0.6) is 0 Å². The largest absolute Gasteiger partial charge is 0.393 e. The lowest BCUT2D eigenvalue weighted by Crippen LogP contribution is -2.39. The van der Waals surface area contributed by atoms with E-state index in [1.165, 1.54) is 0 Å². The van der Waals surface area contributed by atoms with Gasteiger partial charge in [0.2, 0.25) is 0 Å². The number of carbonyl (C=O) groups excluding carboxylic acids is 1. The number of rotatable bonds is 3. The first kappa shape index (κ1) is 13.8. The molecule has 1 aliphatic rings. The Bertz CT molecular complexity index is 443. The highest BCUT2D eigenvalue weighted by Gasteiger charge is 2.19. The number of carbonyl (C=O) groups is 1. The molecule has 0 spiro atoms. The second kappa shape index (κ2) is 6.02. The predicted molar refractivity (Wildman–Crippen MR) is 72.5 cm³/mol. The molecular formula is C13H15Cl2NO2. The van der Waals surface area contributed by atoms with Crippen LogP contribution in [0.4, 0.5) is 0 Å². The van der Waals surface area contributed by atoms with Crippen molar-refractivity contribution >= 4 is 29.0 Å². The van der Waals surface area contributed by atoms with Crippen LogP contribution in [0, 0.1) is 0 Å². The van der Waals surface area contributed by atoms with Gasteiger partial charge in [-0.1, -0.05) is 23.2 Å². The lowest BCUT2D eigenvalue weighted by Gasteiger charge is -2.28. The minimum absolute atomic E-state index is 0.0324. The minimum atomic E-state index is -0.221. The fourth-order valence-electron chi connectivity index (χ4n) is 2.04. The quantitative estimate of drug-likeness (QED) is 0.869. The molecule has 5 heteroatoms. The summed E-state index contributed by atoms with van der Waals surface area (Å²) in [5.41, 5.74) is 0.579. The summed E-state index contributed by atoms with van der Waals surface area (Å²) in [6, 6.07) is 4.93. The molecule has 1 saturated heterocycles. The second-order valence-electron chi connectivity index (χ2n) is 4.56. The Morgan fingerprint density at radius 1 is 1.28 bits per heavy atom. The van der Waals surface area contributed by atoms with Crippen molar-refractivity contribution in [2.24, 2.45) is 0 Å². The maximum absolute atomic E-state index is 12.1. The SMILES string of the molecule is O=C(CN1CCC(O)CC1)c1ccc(Cl)c(Cl)c1. The summed E-state index contributed by atoms with van der Waals surface area (Å²) in [7, 11) is 0. The average Bonchev–Trinajstić information content (AvgIpc) is 2.35. The van der Waals surface area contributed by atoms with Gasteiger partial charge >= 0.3 is 0 Å². The van der Waals surface area contributed by atoms with E-state index in [0.717, 1.165) is 25.9 Å². The highest BCUT2D eigenvalue weighted by atomic mass is 35.5. The first-order valence-corrected chi connectivity index (χ1v) is 6.70. The van der Waals surface area contributed by atoms with Crippen LogP contribution in [0.25, 0.3) is 0 Å². The van der Waals surface area contributed by atoms with Gasteiger partial charge in [0.15, 0.2) is 5.78 Å². The van der Waals surface area contributed by atoms with Crippen molar-refractivity contribution in [3.8, 4) is 0 Å². The van der Waals surface area contributed by atoms with E-state index in [9.17, 15) is 9.90 Å². The summed E-state index contributed by atoms with van der Waals surface area (Å²) in [6.45, 7) is 1.88. The van der Waals surface area contributed by atoms with Gasteiger partial charge in [-0.15, -0.1) is 0 Å². The van der Waals surface area contributed by atoms with Gasteiger partial charge in [-0.25, -0.2) is 0 Å². The monoisotopic (exact) mass is 287 g/mol. The Morgan fingerprint density at radius 2 is 1.94 bits per heavy atom. The highest BCUT2D eigenvalue weighted by Crippen LogP contribution is 2.23. The molecule has 1 N–H and O–H groups in total. The third-order valence-electron chi connectivity index (χ3n) is 3.17. The van der Waals surface area contributed by atoms with Crippen molar-refractivity contribution in [2.45, 2.75) is 18.9 Å². The van der Waals surface area contributed by atoms with Gasteiger partial charge in [0.25, 0.3) is 0 Å². The number of benzene rings is 1. The fraction of sp³-hybridized carbons (Fsp3) is 0.462. The molecule has 0 saturated carbocycles. The summed E-state index contributed by atoms with van der Waals surface area (Å²) < 4.78 is 0. The van der Waals surface area contributed by atoms with Crippen LogP contribution >= 0.6 is 23.2 Å². The zero-order valence-electron chi connectivity index (χ0n) is 9.90. The smallest absolute Gasteiger partial charge is 0.176 e. The summed E-state index contributed by atoms with van der Waals surface area (Å²) in [4.78, 5) is 14.1. The third-order valence-corrected chi connectivity index (χ3v) is 3.90. The maximum atomic E-state index is 12.1. The zero-order chi connectivity index (χ0) is 13.1. The van der Waals surface area contributed by atoms with Crippen LogP contribution in [0.2, 0.25) is 10.0 Å². The Hall–Kier alpha value is -0.610. The number of aliphatic hydroxyl groups is 1.